The molecule has 2 aromatic rings. The minimum atomic E-state index is 0.445. The molecule has 92 valence electrons. The number of benzene rings is 1. The van der Waals surface area contributed by atoms with E-state index in [-0.39, 0.29) is 0 Å². The first-order valence-corrected chi connectivity index (χ1v) is 6.19. The molecule has 0 unspecified atom stereocenters. The van der Waals surface area contributed by atoms with Gasteiger partial charge in [-0.2, -0.15) is 0 Å². The van der Waals surface area contributed by atoms with Crippen LogP contribution in [0.4, 0.5) is 0 Å². The molecule has 0 N–H and O–H groups in total. The van der Waals surface area contributed by atoms with Crippen LogP contribution in [0.2, 0.25) is 0 Å². The van der Waals surface area contributed by atoms with E-state index in [0.29, 0.717) is 11.6 Å². The van der Waals surface area contributed by atoms with Gasteiger partial charge >= 0.3 is 0 Å². The lowest BCUT2D eigenvalue weighted by Crippen LogP contribution is -2.04. The van der Waals surface area contributed by atoms with Crippen LogP contribution in [0.15, 0.2) is 18.2 Å². The molecule has 1 aromatic heterocycles. The molecule has 1 fully saturated rings. The molecule has 0 amide bonds. The first kappa shape index (κ1) is 11.1. The van der Waals surface area contributed by atoms with Gasteiger partial charge in [0, 0.05) is 5.92 Å². The van der Waals surface area contributed by atoms with Gasteiger partial charge in [0.05, 0.1) is 11.4 Å². The van der Waals surface area contributed by atoms with Crippen LogP contribution >= 0.6 is 0 Å². The Bertz CT molecular complexity index is 611. The molecule has 1 saturated carbocycles. The van der Waals surface area contributed by atoms with Crippen LogP contribution in [0.3, 0.4) is 0 Å². The second kappa shape index (κ2) is 4.05. The highest BCUT2D eigenvalue weighted by Crippen LogP contribution is 2.41. The van der Waals surface area contributed by atoms with Crippen molar-refractivity contribution in [1.82, 2.24) is 15.0 Å². The Morgan fingerprint density at radius 2 is 2.11 bits per heavy atom. The number of aryl methyl sites for hydroxylation is 2. The topological polar surface area (TPSA) is 47.8 Å². The summed E-state index contributed by atoms with van der Waals surface area (Å²) >= 11 is 0. The summed E-state index contributed by atoms with van der Waals surface area (Å²) < 4.78 is 1.84. The fourth-order valence-corrected chi connectivity index (χ4v) is 2.25. The number of nitrogens with zero attached hydrogens (tertiary/aromatic N) is 3. The molecule has 1 heterocycles. The summed E-state index contributed by atoms with van der Waals surface area (Å²) in [5.41, 5.74) is 4.81. The fraction of sp³-hybridized carbons (Fsp3) is 0.357. The van der Waals surface area contributed by atoms with Crippen molar-refractivity contribution >= 4 is 6.29 Å². The molecule has 3 rings (SSSR count). The van der Waals surface area contributed by atoms with E-state index in [4.69, 9.17) is 0 Å². The van der Waals surface area contributed by atoms with E-state index < -0.39 is 0 Å². The second-order valence-electron chi connectivity index (χ2n) is 4.95. The maximum atomic E-state index is 11.0. The summed E-state index contributed by atoms with van der Waals surface area (Å²) in [5, 5.41) is 8.14. The average Bonchev–Trinajstić information content (AvgIpc) is 3.12. The predicted octanol–water partition coefficient (Wildman–Crippen LogP) is 2.57. The third-order valence-electron chi connectivity index (χ3n) is 3.40. The van der Waals surface area contributed by atoms with Crippen molar-refractivity contribution in [3.8, 4) is 5.69 Å². The smallest absolute Gasteiger partial charge is 0.172 e. The second-order valence-corrected chi connectivity index (χ2v) is 4.95. The molecule has 0 bridgehead atoms. The molecule has 0 radical (unpaired) electrons. The number of rotatable bonds is 3. The Hall–Kier alpha value is -1.97. The number of aldehydes is 1. The van der Waals surface area contributed by atoms with Crippen molar-refractivity contribution in [2.45, 2.75) is 32.6 Å². The van der Waals surface area contributed by atoms with E-state index in [2.05, 4.69) is 35.4 Å². The zero-order chi connectivity index (χ0) is 12.7. The summed E-state index contributed by atoms with van der Waals surface area (Å²) in [4.78, 5) is 11.0. The monoisotopic (exact) mass is 241 g/mol. The molecule has 4 nitrogen and oxygen atoms in total. The maximum Gasteiger partial charge on any atom is 0.172 e. The van der Waals surface area contributed by atoms with E-state index >= 15 is 0 Å². The largest absolute Gasteiger partial charge is 0.296 e. The third kappa shape index (κ3) is 1.74. The molecule has 0 aliphatic heterocycles. The molecular weight excluding hydrogens is 226 g/mol. The summed E-state index contributed by atoms with van der Waals surface area (Å²) in [7, 11) is 0. The molecule has 4 heteroatoms. The quantitative estimate of drug-likeness (QED) is 0.776. The Kier molecular flexibility index (Phi) is 2.51. The standard InChI is InChI=1S/C14H15N3O/c1-9-3-4-10(2)13(7-9)17-14(11-5-6-11)12(8-18)15-16-17/h3-4,7-8,11H,5-6H2,1-2H3. The van der Waals surface area contributed by atoms with Crippen LogP contribution in [0.25, 0.3) is 5.69 Å². The summed E-state index contributed by atoms with van der Waals surface area (Å²) in [5.74, 6) is 0.445. The van der Waals surface area contributed by atoms with Gasteiger partial charge in [0.2, 0.25) is 0 Å². The molecule has 1 aromatic carbocycles. The molecular formula is C14H15N3O. The van der Waals surface area contributed by atoms with Gasteiger partial charge in [0.1, 0.15) is 5.69 Å². The maximum absolute atomic E-state index is 11.0. The SMILES string of the molecule is Cc1ccc(C)c(-n2nnc(C=O)c2C2CC2)c1. The van der Waals surface area contributed by atoms with Gasteiger partial charge in [-0.05, 0) is 43.9 Å². The zero-order valence-corrected chi connectivity index (χ0v) is 10.6. The number of hydrogen-bond donors (Lipinski definition) is 0. The lowest BCUT2D eigenvalue weighted by atomic mass is 10.1. The lowest BCUT2D eigenvalue weighted by molar-refractivity contribution is 0.111. The molecule has 0 saturated heterocycles. The van der Waals surface area contributed by atoms with Crippen molar-refractivity contribution in [3.63, 3.8) is 0 Å². The van der Waals surface area contributed by atoms with Crippen molar-refractivity contribution in [2.24, 2.45) is 0 Å². The molecule has 1 aliphatic rings. The predicted molar refractivity (Wildman–Crippen MR) is 68.2 cm³/mol. The van der Waals surface area contributed by atoms with E-state index in [9.17, 15) is 4.79 Å². The highest BCUT2D eigenvalue weighted by Gasteiger charge is 2.31. The van der Waals surface area contributed by atoms with E-state index in [1.54, 1.807) is 0 Å². The number of carbonyl (C=O) groups is 1. The zero-order valence-electron chi connectivity index (χ0n) is 10.6. The Morgan fingerprint density at radius 3 is 2.78 bits per heavy atom. The van der Waals surface area contributed by atoms with Crippen molar-refractivity contribution in [2.75, 3.05) is 0 Å². The van der Waals surface area contributed by atoms with Crippen LogP contribution in [0.1, 0.15) is 46.1 Å². The molecule has 18 heavy (non-hydrogen) atoms. The summed E-state index contributed by atoms with van der Waals surface area (Å²) in [6.45, 7) is 4.10. The van der Waals surface area contributed by atoms with Crippen LogP contribution in [0, 0.1) is 13.8 Å². The molecule has 0 atom stereocenters. The highest BCUT2D eigenvalue weighted by molar-refractivity contribution is 5.74. The molecule has 1 aliphatic carbocycles. The van der Waals surface area contributed by atoms with Crippen LogP contribution < -0.4 is 0 Å². The van der Waals surface area contributed by atoms with Crippen molar-refractivity contribution < 1.29 is 4.79 Å². The van der Waals surface area contributed by atoms with Gasteiger partial charge in [-0.1, -0.05) is 17.3 Å². The Labute approximate surface area is 106 Å². The molecule has 0 spiro atoms. The van der Waals surface area contributed by atoms with Gasteiger partial charge in [-0.15, -0.1) is 5.10 Å². The van der Waals surface area contributed by atoms with Crippen molar-refractivity contribution in [3.05, 3.63) is 40.7 Å². The van der Waals surface area contributed by atoms with Crippen LogP contribution in [-0.4, -0.2) is 21.3 Å². The Balaban J connectivity index is 2.19. The number of carbonyl (C=O) groups excluding carboxylic acids is 1. The van der Waals surface area contributed by atoms with Gasteiger partial charge < -0.3 is 0 Å². The number of aromatic nitrogens is 3. The fourth-order valence-electron chi connectivity index (χ4n) is 2.25. The van der Waals surface area contributed by atoms with Crippen molar-refractivity contribution in [1.29, 1.82) is 0 Å². The first-order chi connectivity index (χ1) is 8.70. The third-order valence-corrected chi connectivity index (χ3v) is 3.40. The summed E-state index contributed by atoms with van der Waals surface area (Å²) in [6, 6.07) is 6.24. The van der Waals surface area contributed by atoms with Crippen LogP contribution in [0.5, 0.6) is 0 Å². The Morgan fingerprint density at radius 1 is 1.33 bits per heavy atom. The average molecular weight is 241 g/mol. The van der Waals surface area contributed by atoms with Crippen LogP contribution in [-0.2, 0) is 0 Å². The normalized spacial score (nSPS) is 14.8. The van der Waals surface area contributed by atoms with Gasteiger partial charge in [-0.3, -0.25) is 4.79 Å². The minimum Gasteiger partial charge on any atom is -0.296 e. The minimum absolute atomic E-state index is 0.445. The van der Waals surface area contributed by atoms with E-state index in [1.165, 1.54) is 5.56 Å². The number of hydrogen-bond acceptors (Lipinski definition) is 3. The first-order valence-electron chi connectivity index (χ1n) is 6.19. The lowest BCUT2D eigenvalue weighted by Gasteiger charge is -2.09. The van der Waals surface area contributed by atoms with E-state index in [0.717, 1.165) is 36.1 Å². The van der Waals surface area contributed by atoms with Gasteiger partial charge in [0.15, 0.2) is 6.29 Å². The van der Waals surface area contributed by atoms with Gasteiger partial charge in [0.25, 0.3) is 0 Å². The highest BCUT2D eigenvalue weighted by atomic mass is 16.1. The van der Waals surface area contributed by atoms with E-state index in [1.807, 2.05) is 11.6 Å². The summed E-state index contributed by atoms with van der Waals surface area (Å²) in [6.07, 6.45) is 3.06. The van der Waals surface area contributed by atoms with Gasteiger partial charge in [-0.25, -0.2) is 4.68 Å².